The van der Waals surface area contributed by atoms with E-state index in [2.05, 4.69) is 6.92 Å². The van der Waals surface area contributed by atoms with Gasteiger partial charge in [0.15, 0.2) is 6.29 Å². The molecule has 0 unspecified atom stereocenters. The zero-order valence-electron chi connectivity index (χ0n) is 11.1. The van der Waals surface area contributed by atoms with Gasteiger partial charge in [0.05, 0.1) is 12.2 Å². The molecule has 0 aliphatic carbocycles. The molecule has 0 spiro atoms. The van der Waals surface area contributed by atoms with Crippen molar-refractivity contribution in [1.82, 2.24) is 0 Å². The van der Waals surface area contributed by atoms with Gasteiger partial charge in [-0.2, -0.15) is 0 Å². The number of rotatable bonds is 6. The van der Waals surface area contributed by atoms with E-state index < -0.39 is 0 Å². The lowest BCUT2D eigenvalue weighted by atomic mass is 10.0. The maximum Gasteiger partial charge on any atom is 0.153 e. The van der Waals surface area contributed by atoms with Crippen molar-refractivity contribution < 1.29 is 9.53 Å². The number of carbonyl (C=O) groups is 1. The fourth-order valence-electron chi connectivity index (χ4n) is 1.97. The van der Waals surface area contributed by atoms with Crippen LogP contribution in [-0.2, 0) is 0 Å². The van der Waals surface area contributed by atoms with E-state index in [-0.39, 0.29) is 0 Å². The van der Waals surface area contributed by atoms with E-state index in [0.717, 1.165) is 30.3 Å². The van der Waals surface area contributed by atoms with Crippen molar-refractivity contribution in [3.8, 4) is 16.9 Å². The molecule has 0 saturated heterocycles. The van der Waals surface area contributed by atoms with E-state index in [9.17, 15) is 4.79 Å². The Balaban J connectivity index is 2.39. The zero-order valence-corrected chi connectivity index (χ0v) is 11.1. The van der Waals surface area contributed by atoms with Crippen LogP contribution in [0.4, 0.5) is 0 Å². The highest BCUT2D eigenvalue weighted by atomic mass is 16.5. The first-order valence-electron chi connectivity index (χ1n) is 6.63. The predicted molar refractivity (Wildman–Crippen MR) is 77.7 cm³/mol. The molecule has 0 aliphatic rings. The molecule has 2 nitrogen and oxygen atoms in total. The molecule has 0 N–H and O–H groups in total. The van der Waals surface area contributed by atoms with E-state index in [4.69, 9.17) is 4.74 Å². The van der Waals surface area contributed by atoms with Crippen LogP contribution in [-0.4, -0.2) is 12.9 Å². The summed E-state index contributed by atoms with van der Waals surface area (Å²) >= 11 is 0. The molecular formula is C17H18O2. The lowest BCUT2D eigenvalue weighted by Gasteiger charge is -2.13. The van der Waals surface area contributed by atoms with Crippen molar-refractivity contribution in [3.05, 3.63) is 54.1 Å². The molecule has 2 aromatic rings. The summed E-state index contributed by atoms with van der Waals surface area (Å²) in [6.45, 7) is 2.76. The number of unbranched alkanes of at least 4 members (excludes halogenated alkanes) is 1. The van der Waals surface area contributed by atoms with Crippen molar-refractivity contribution in [2.75, 3.05) is 6.61 Å². The average molecular weight is 254 g/mol. The summed E-state index contributed by atoms with van der Waals surface area (Å²) in [5.41, 5.74) is 2.65. The van der Waals surface area contributed by atoms with Crippen molar-refractivity contribution in [1.29, 1.82) is 0 Å². The van der Waals surface area contributed by atoms with Gasteiger partial charge in [0.2, 0.25) is 0 Å². The summed E-state index contributed by atoms with van der Waals surface area (Å²) in [6, 6.07) is 15.7. The molecule has 98 valence electrons. The van der Waals surface area contributed by atoms with Crippen LogP contribution in [0.5, 0.6) is 5.75 Å². The van der Waals surface area contributed by atoms with E-state index in [1.54, 1.807) is 6.07 Å². The Bertz CT molecular complexity index is 532. The van der Waals surface area contributed by atoms with E-state index >= 15 is 0 Å². The Labute approximate surface area is 114 Å². The molecule has 2 aromatic carbocycles. The number of benzene rings is 2. The molecule has 0 atom stereocenters. The summed E-state index contributed by atoms with van der Waals surface area (Å²) in [4.78, 5) is 11.2. The number of hydrogen-bond donors (Lipinski definition) is 0. The zero-order chi connectivity index (χ0) is 13.5. The lowest BCUT2D eigenvalue weighted by Crippen LogP contribution is -2.01. The smallest absolute Gasteiger partial charge is 0.153 e. The fourth-order valence-corrected chi connectivity index (χ4v) is 1.97. The highest BCUT2D eigenvalue weighted by molar-refractivity contribution is 5.86. The SMILES string of the molecule is CCCCOc1c(C=O)cccc1-c1ccccc1. The monoisotopic (exact) mass is 254 g/mol. The Morgan fingerprint density at radius 2 is 1.84 bits per heavy atom. The van der Waals surface area contributed by atoms with Crippen LogP contribution in [0.1, 0.15) is 30.1 Å². The number of aldehydes is 1. The minimum Gasteiger partial charge on any atom is -0.492 e. The summed E-state index contributed by atoms with van der Waals surface area (Å²) in [5.74, 6) is 0.692. The molecule has 0 bridgehead atoms. The Morgan fingerprint density at radius 3 is 2.53 bits per heavy atom. The first-order valence-corrected chi connectivity index (χ1v) is 6.63. The molecule has 19 heavy (non-hydrogen) atoms. The summed E-state index contributed by atoms with van der Waals surface area (Å²) in [5, 5.41) is 0. The Morgan fingerprint density at radius 1 is 1.05 bits per heavy atom. The van der Waals surface area contributed by atoms with Gasteiger partial charge >= 0.3 is 0 Å². The Hall–Kier alpha value is -2.09. The van der Waals surface area contributed by atoms with Crippen LogP contribution in [0.15, 0.2) is 48.5 Å². The fraction of sp³-hybridized carbons (Fsp3) is 0.235. The molecule has 0 saturated carbocycles. The van der Waals surface area contributed by atoms with Gasteiger partial charge in [0.1, 0.15) is 5.75 Å². The van der Waals surface area contributed by atoms with Crippen LogP contribution in [0, 0.1) is 0 Å². The molecular weight excluding hydrogens is 236 g/mol. The van der Waals surface area contributed by atoms with E-state index in [1.807, 2.05) is 42.5 Å². The molecule has 0 fully saturated rings. The minimum atomic E-state index is 0.609. The quantitative estimate of drug-likeness (QED) is 0.566. The third-order valence-electron chi connectivity index (χ3n) is 3.00. The second kappa shape index (κ2) is 6.74. The van der Waals surface area contributed by atoms with Crippen LogP contribution in [0.3, 0.4) is 0 Å². The number of carbonyl (C=O) groups excluding carboxylic acids is 1. The van der Waals surface area contributed by atoms with Crippen LogP contribution in [0.25, 0.3) is 11.1 Å². The third kappa shape index (κ3) is 3.22. The number of para-hydroxylation sites is 1. The van der Waals surface area contributed by atoms with E-state index in [1.165, 1.54) is 0 Å². The maximum absolute atomic E-state index is 11.2. The molecule has 2 heteroatoms. The molecule has 0 amide bonds. The van der Waals surface area contributed by atoms with E-state index in [0.29, 0.717) is 17.9 Å². The van der Waals surface area contributed by atoms with Crippen molar-refractivity contribution in [2.24, 2.45) is 0 Å². The van der Waals surface area contributed by atoms with Crippen LogP contribution >= 0.6 is 0 Å². The first kappa shape index (κ1) is 13.3. The number of ether oxygens (including phenoxy) is 1. The summed E-state index contributed by atoms with van der Waals surface area (Å²) in [7, 11) is 0. The minimum absolute atomic E-state index is 0.609. The van der Waals surface area contributed by atoms with Gasteiger partial charge in [-0.3, -0.25) is 4.79 Å². The average Bonchev–Trinajstić information content (AvgIpc) is 2.48. The largest absolute Gasteiger partial charge is 0.492 e. The maximum atomic E-state index is 11.2. The standard InChI is InChI=1S/C17H18O2/c1-2-3-12-19-17-15(13-18)10-7-11-16(17)14-8-5-4-6-9-14/h4-11,13H,2-3,12H2,1H3. The normalized spacial score (nSPS) is 10.2. The third-order valence-corrected chi connectivity index (χ3v) is 3.00. The lowest BCUT2D eigenvalue weighted by molar-refractivity contribution is 0.111. The van der Waals surface area contributed by atoms with Crippen molar-refractivity contribution in [2.45, 2.75) is 19.8 Å². The second-order valence-corrected chi connectivity index (χ2v) is 4.41. The van der Waals surface area contributed by atoms with Crippen molar-refractivity contribution in [3.63, 3.8) is 0 Å². The van der Waals surface area contributed by atoms with Gasteiger partial charge in [-0.25, -0.2) is 0 Å². The van der Waals surface area contributed by atoms with Gasteiger partial charge in [-0.15, -0.1) is 0 Å². The van der Waals surface area contributed by atoms with Crippen LogP contribution < -0.4 is 4.74 Å². The van der Waals surface area contributed by atoms with Gasteiger partial charge in [-0.1, -0.05) is 55.8 Å². The second-order valence-electron chi connectivity index (χ2n) is 4.41. The Kier molecular flexibility index (Phi) is 4.73. The van der Waals surface area contributed by atoms with Crippen LogP contribution in [0.2, 0.25) is 0 Å². The molecule has 0 radical (unpaired) electrons. The summed E-state index contributed by atoms with van der Waals surface area (Å²) in [6.07, 6.45) is 2.92. The first-order chi connectivity index (χ1) is 9.36. The van der Waals surface area contributed by atoms with Gasteiger partial charge in [0, 0.05) is 5.56 Å². The number of hydrogen-bond acceptors (Lipinski definition) is 2. The van der Waals surface area contributed by atoms with Gasteiger partial charge in [-0.05, 0) is 18.1 Å². The highest BCUT2D eigenvalue weighted by Crippen LogP contribution is 2.32. The van der Waals surface area contributed by atoms with Gasteiger partial charge in [0.25, 0.3) is 0 Å². The topological polar surface area (TPSA) is 26.3 Å². The molecule has 0 heterocycles. The predicted octanol–water partition coefficient (Wildman–Crippen LogP) is 4.35. The molecule has 0 aromatic heterocycles. The highest BCUT2D eigenvalue weighted by Gasteiger charge is 2.10. The van der Waals surface area contributed by atoms with Gasteiger partial charge < -0.3 is 4.74 Å². The molecule has 0 aliphatic heterocycles. The molecule has 2 rings (SSSR count). The van der Waals surface area contributed by atoms with Crippen molar-refractivity contribution >= 4 is 6.29 Å². The summed E-state index contributed by atoms with van der Waals surface area (Å²) < 4.78 is 5.82.